The van der Waals surface area contributed by atoms with E-state index in [0.717, 1.165) is 25.7 Å². The summed E-state index contributed by atoms with van der Waals surface area (Å²) in [5.41, 5.74) is 17.4. The van der Waals surface area contributed by atoms with Gasteiger partial charge in [-0.2, -0.15) is 0 Å². The van der Waals surface area contributed by atoms with Gasteiger partial charge in [-0.05, 0) is 108 Å². The van der Waals surface area contributed by atoms with Gasteiger partial charge in [-0.1, -0.05) is 94.8 Å². The van der Waals surface area contributed by atoms with Gasteiger partial charge < -0.3 is 154 Å². The summed E-state index contributed by atoms with van der Waals surface area (Å²) in [6, 6.07) is -11.6. The average molecular weight is 1950 g/mol. The predicted molar refractivity (Wildman–Crippen MR) is 485 cm³/mol. The number of likely N-dealkylation sites (tertiary alicyclic amines) is 1. The number of benzene rings is 2. The fourth-order valence-corrected chi connectivity index (χ4v) is 14.1. The number of nitrogens with two attached hydrogens (primary N) is 3. The van der Waals surface area contributed by atoms with Crippen molar-refractivity contribution in [3.8, 4) is 0 Å². The summed E-state index contributed by atoms with van der Waals surface area (Å²) in [6.07, 6.45) is -4.26. The van der Waals surface area contributed by atoms with E-state index in [1.807, 2.05) is 10.6 Å². The molecule has 0 aliphatic carbocycles. The Balaban J connectivity index is 1.59. The fraction of sp³-hybridized carbons (Fsp3) is 0.576. The number of carbonyl (C=O) groups excluding carboxylic acids is 18. The summed E-state index contributed by atoms with van der Waals surface area (Å²) >= 11 is 0. The van der Waals surface area contributed by atoms with Crippen molar-refractivity contribution >= 4 is 142 Å². The fourth-order valence-electron chi connectivity index (χ4n) is 14.1. The third-order valence-corrected chi connectivity index (χ3v) is 22.0. The van der Waals surface area contributed by atoms with E-state index in [1.54, 1.807) is 67.6 Å². The van der Waals surface area contributed by atoms with E-state index in [2.05, 4.69) is 90.4 Å². The molecule has 138 heavy (non-hydrogen) atoms. The quantitative estimate of drug-likeness (QED) is 0.0166. The first-order valence-corrected chi connectivity index (χ1v) is 44.6. The lowest BCUT2D eigenvalue weighted by molar-refractivity contribution is -0.143. The number of hydrogen-bond donors (Lipinski definition) is 30. The van der Waals surface area contributed by atoms with E-state index < -0.39 is 309 Å². The van der Waals surface area contributed by atoms with Crippen LogP contribution in [-0.2, 0) is 118 Å². The molecule has 0 unspecified atom stereocenters. The molecule has 0 aromatic heterocycles. The van der Waals surface area contributed by atoms with Crippen molar-refractivity contribution < 1.29 is 136 Å². The summed E-state index contributed by atoms with van der Waals surface area (Å²) in [4.78, 5) is 299. The first-order valence-electron chi connectivity index (χ1n) is 44.6. The normalized spacial score (nSPS) is 16.6. The van der Waals surface area contributed by atoms with Crippen LogP contribution in [0.3, 0.4) is 0 Å². The SMILES string of the molecule is CC[C@H](C)[C@H](NC(=O)[C@@H](NC(=O)[C@H](CCCNC(=N)N)NC(=O)[C@@H]1CCCN1C(=O)[C@H](Cc1ccccc1)NC(=O)[C@H](CO)NC(=O)[C@H](Cc1ccccc1)NC(=O)[C@H](CCCNC(=N)N)NC(=O)[C@H](CCC(=O)O)NC(=O)[C@H](C)NC(=O)[C@H](CC(=O)O)NC(=O)[C@@H]1CCCN1)C(C)C)C(=O)N[C@@H](CC(N)=O)C(=O)N[C@@H](CO)C(=O)N[C@@H](C)C(=O)N[C@@H](CC(=O)O)C(=O)NCC(=O)N[C@@H](C)C(=O)O. The molecule has 2 saturated heterocycles. The van der Waals surface area contributed by atoms with Gasteiger partial charge in [0.25, 0.3) is 0 Å². The largest absolute Gasteiger partial charge is 0.481 e. The maximum absolute atomic E-state index is 15.2. The Labute approximate surface area is 792 Å². The Hall–Kier alpha value is -14.8. The van der Waals surface area contributed by atoms with Crippen molar-refractivity contribution in [2.24, 2.45) is 29.0 Å². The van der Waals surface area contributed by atoms with Crippen LogP contribution in [0.1, 0.15) is 149 Å². The van der Waals surface area contributed by atoms with Crippen LogP contribution < -0.4 is 118 Å². The van der Waals surface area contributed by atoms with Crippen LogP contribution in [-0.4, -0.2) is 326 Å². The number of aliphatic hydroxyl groups is 2. The molecule has 2 aromatic carbocycles. The van der Waals surface area contributed by atoms with Crippen molar-refractivity contribution in [1.82, 2.24) is 106 Å². The van der Waals surface area contributed by atoms with Crippen LogP contribution in [0.25, 0.3) is 0 Å². The summed E-state index contributed by atoms with van der Waals surface area (Å²) in [7, 11) is 0. The summed E-state index contributed by atoms with van der Waals surface area (Å²) in [5, 5.41) is 120. The topological polar surface area (TPSA) is 854 Å². The number of carboxylic acid groups (broad SMARTS) is 4. The van der Waals surface area contributed by atoms with E-state index in [1.165, 1.54) is 20.8 Å². The lowest BCUT2D eigenvalue weighted by Gasteiger charge is -2.32. The Kier molecular flexibility index (Phi) is 49.0. The smallest absolute Gasteiger partial charge is 0.325 e. The highest BCUT2D eigenvalue weighted by Gasteiger charge is 2.43. The number of carboxylic acids is 4. The van der Waals surface area contributed by atoms with Gasteiger partial charge in [0.1, 0.15) is 96.7 Å². The molecule has 2 aliphatic rings. The molecule has 53 heteroatoms. The van der Waals surface area contributed by atoms with Gasteiger partial charge in [-0.15, -0.1) is 0 Å². The van der Waals surface area contributed by atoms with Crippen molar-refractivity contribution in [2.45, 2.75) is 254 Å². The maximum atomic E-state index is 15.2. The van der Waals surface area contributed by atoms with E-state index in [0.29, 0.717) is 30.5 Å². The molecule has 2 aliphatic heterocycles. The minimum absolute atomic E-state index is 0.00852. The molecular formula is C85H129N25O28. The molecule has 0 saturated carbocycles. The second-order valence-corrected chi connectivity index (χ2v) is 33.4. The van der Waals surface area contributed by atoms with Gasteiger partial charge in [0, 0.05) is 38.9 Å². The third-order valence-electron chi connectivity index (χ3n) is 22.0. The first kappa shape index (κ1) is 116. The number of aliphatic carboxylic acids is 4. The van der Waals surface area contributed by atoms with Gasteiger partial charge in [-0.25, -0.2) is 0 Å². The molecule has 33 N–H and O–H groups in total. The third kappa shape index (κ3) is 40.4. The number of hydrogen-bond acceptors (Lipinski definition) is 27. The van der Waals surface area contributed by atoms with Gasteiger partial charge in [0.2, 0.25) is 106 Å². The Morgan fingerprint density at radius 3 is 1.30 bits per heavy atom. The van der Waals surface area contributed by atoms with Crippen LogP contribution in [0.2, 0.25) is 0 Å². The molecule has 2 fully saturated rings. The number of rotatable bonds is 60. The van der Waals surface area contributed by atoms with Gasteiger partial charge in [0.05, 0.1) is 45.1 Å². The molecule has 2 heterocycles. The zero-order chi connectivity index (χ0) is 103. The maximum Gasteiger partial charge on any atom is 0.325 e. The lowest BCUT2D eigenvalue weighted by atomic mass is 9.95. The second kappa shape index (κ2) is 58.5. The number of primary amides is 1. The monoisotopic (exact) mass is 1950 g/mol. The van der Waals surface area contributed by atoms with E-state index in [-0.39, 0.29) is 77.4 Å². The van der Waals surface area contributed by atoms with Crippen molar-refractivity contribution in [1.29, 1.82) is 10.8 Å². The molecule has 762 valence electrons. The van der Waals surface area contributed by atoms with Crippen LogP contribution in [0.5, 0.6) is 0 Å². The predicted octanol–water partition coefficient (Wildman–Crippen LogP) is -10.3. The zero-order valence-electron chi connectivity index (χ0n) is 77.4. The highest BCUT2D eigenvalue weighted by molar-refractivity contribution is 6.03. The Morgan fingerprint density at radius 1 is 0.413 bits per heavy atom. The summed E-state index contributed by atoms with van der Waals surface area (Å²) < 4.78 is 0. The van der Waals surface area contributed by atoms with E-state index in [9.17, 15) is 126 Å². The second-order valence-electron chi connectivity index (χ2n) is 33.4. The van der Waals surface area contributed by atoms with Gasteiger partial charge >= 0.3 is 23.9 Å². The number of carbonyl (C=O) groups is 22. The number of aliphatic hydroxyl groups excluding tert-OH is 2. The van der Waals surface area contributed by atoms with Crippen molar-refractivity contribution in [3.63, 3.8) is 0 Å². The zero-order valence-corrected chi connectivity index (χ0v) is 77.4. The molecule has 2 aromatic rings. The van der Waals surface area contributed by atoms with Gasteiger partial charge in [0.15, 0.2) is 11.9 Å². The molecule has 0 bridgehead atoms. The minimum Gasteiger partial charge on any atom is -0.481 e. The lowest BCUT2D eigenvalue weighted by Crippen LogP contribution is -2.62. The number of guanidine groups is 2. The Morgan fingerprint density at radius 2 is 0.819 bits per heavy atom. The molecule has 4 rings (SSSR count). The van der Waals surface area contributed by atoms with Crippen LogP contribution in [0, 0.1) is 22.7 Å². The molecule has 18 amide bonds. The van der Waals surface area contributed by atoms with Crippen molar-refractivity contribution in [2.75, 3.05) is 45.9 Å². The summed E-state index contributed by atoms with van der Waals surface area (Å²) in [5.74, 6) is -28.2. The summed E-state index contributed by atoms with van der Waals surface area (Å²) in [6.45, 7) is 6.47. The highest BCUT2D eigenvalue weighted by atomic mass is 16.4. The van der Waals surface area contributed by atoms with Crippen LogP contribution in [0.15, 0.2) is 60.7 Å². The number of nitrogens with zero attached hydrogens (tertiary/aromatic N) is 1. The van der Waals surface area contributed by atoms with Crippen LogP contribution >= 0.6 is 0 Å². The van der Waals surface area contributed by atoms with Gasteiger partial charge in [-0.3, -0.25) is 116 Å². The van der Waals surface area contributed by atoms with E-state index in [4.69, 9.17) is 33.1 Å². The first-order chi connectivity index (χ1) is 65.1. The van der Waals surface area contributed by atoms with E-state index >= 15 is 4.79 Å². The molecule has 18 atom stereocenters. The number of amides is 18. The molecule has 0 radical (unpaired) electrons. The molecule has 0 spiro atoms. The van der Waals surface area contributed by atoms with Crippen molar-refractivity contribution in [3.05, 3.63) is 71.8 Å². The van der Waals surface area contributed by atoms with Crippen LogP contribution in [0.4, 0.5) is 0 Å². The molecule has 53 nitrogen and oxygen atoms in total. The molecular weight excluding hydrogens is 1820 g/mol. The average Bonchev–Trinajstić information content (AvgIpc) is 1.67. The minimum atomic E-state index is -1.97. The Bertz CT molecular complexity index is 4640. The standard InChI is InChI=1S/C85H129N25O28/c1-8-42(4)66(81(135)104-53(35-60(86)113)76(130)106-57(39-111)77(131)97-44(6)68(122)101-54(36-63(117)118)69(123)94-38-61(114)95-45(7)83(137)138)109-80(134)65(41(2)3)108-73(127)50(25-17-31-93-85(89)90)100-79(133)59-26-18-32-110(59)82(136)56(34-47-21-13-10-14-22-47)105-78(132)58(40-112)107-75(129)52(33-46-19-11-9-12-20-46)102-71(125)49(24-16-30-92-84(87)88)99-72(126)51(27-28-62(115)116)98-67(121)43(5)96-74(128)55(37-64(119)120)103-70(124)48-23-15-29-91-48/h9-14,19-22,41-45,48-59,65-66,91,111-112H,8,15-18,23-40H2,1-7H3,(H2,86,113)(H,94,123)(H,95,114)(H,96,128)(H,97,131)(H,98,121)(H,99,126)(H,100,133)(H,101,122)(H,102,125)(H,103,124)(H,104,135)(H,105,132)(H,106,130)(H,107,129)(H,108,127)(H,109,134)(H,115,116)(H,117,118)(H,119,120)(H,137,138)(H4,87,88,92)(H4,89,90,93)/t42-,43-,44-,45-,48-,49-,50-,51-,52-,53-,54-,55-,56-,57-,58-,59-,65-,66-/m0/s1. The number of nitrogens with one attached hydrogen (secondary N) is 21. The highest BCUT2D eigenvalue weighted by Crippen LogP contribution is 2.22.